The van der Waals surface area contributed by atoms with Gasteiger partial charge in [-0.3, -0.25) is 19.7 Å². The van der Waals surface area contributed by atoms with Crippen LogP contribution in [-0.4, -0.2) is 23.3 Å². The van der Waals surface area contributed by atoms with E-state index in [-0.39, 0.29) is 22.7 Å². The smallest absolute Gasteiger partial charge is 0.273 e. The number of hydrogen-bond donors (Lipinski definition) is 2. The lowest BCUT2D eigenvalue weighted by Crippen LogP contribution is -2.26. The molecule has 2 N–H and O–H groups in total. The van der Waals surface area contributed by atoms with Crippen LogP contribution in [0.25, 0.3) is 0 Å². The molecule has 0 aliphatic heterocycles. The topological polar surface area (TPSA) is 101 Å². The molecule has 0 atom stereocenters. The van der Waals surface area contributed by atoms with E-state index in [0.717, 1.165) is 6.42 Å². The molecule has 0 radical (unpaired) electrons. The highest BCUT2D eigenvalue weighted by atomic mass is 16.6. The second kappa shape index (κ2) is 8.05. The monoisotopic (exact) mass is 341 g/mol. The van der Waals surface area contributed by atoms with Gasteiger partial charge in [0.1, 0.15) is 0 Å². The molecule has 0 fully saturated rings. The molecule has 2 rings (SSSR count). The quantitative estimate of drug-likeness (QED) is 0.622. The van der Waals surface area contributed by atoms with Crippen LogP contribution >= 0.6 is 0 Å². The summed E-state index contributed by atoms with van der Waals surface area (Å²) in [6.45, 7) is 4.00. The van der Waals surface area contributed by atoms with E-state index in [1.807, 2.05) is 6.92 Å². The minimum absolute atomic E-state index is 0.123. The molecule has 0 heterocycles. The van der Waals surface area contributed by atoms with Gasteiger partial charge in [-0.05, 0) is 31.5 Å². The van der Waals surface area contributed by atoms with Crippen LogP contribution in [0.2, 0.25) is 0 Å². The molecule has 25 heavy (non-hydrogen) atoms. The Labute approximate surface area is 145 Å². The second-order valence-electron chi connectivity index (χ2n) is 5.46. The number of amides is 2. The number of nitro benzene ring substituents is 1. The Morgan fingerprint density at radius 3 is 2.40 bits per heavy atom. The van der Waals surface area contributed by atoms with Crippen LogP contribution in [0.3, 0.4) is 0 Å². The predicted octanol–water partition coefficient (Wildman–Crippen LogP) is 3.30. The van der Waals surface area contributed by atoms with Gasteiger partial charge in [-0.2, -0.15) is 0 Å². The molecule has 7 heteroatoms. The number of hydrogen-bond acceptors (Lipinski definition) is 4. The first kappa shape index (κ1) is 18.1. The molecule has 2 aromatic rings. The number of nitro groups is 1. The van der Waals surface area contributed by atoms with Crippen molar-refractivity contribution in [2.24, 2.45) is 0 Å². The largest absolute Gasteiger partial charge is 0.352 e. The summed E-state index contributed by atoms with van der Waals surface area (Å²) in [5.74, 6) is -0.787. The minimum atomic E-state index is -0.530. The van der Waals surface area contributed by atoms with Crippen LogP contribution < -0.4 is 10.6 Å². The molecule has 0 aliphatic rings. The fourth-order valence-electron chi connectivity index (χ4n) is 2.38. The summed E-state index contributed by atoms with van der Waals surface area (Å²) in [6, 6.07) is 10.9. The maximum Gasteiger partial charge on any atom is 0.273 e. The van der Waals surface area contributed by atoms with Crippen molar-refractivity contribution in [1.82, 2.24) is 5.32 Å². The number of nitrogens with zero attached hydrogens (tertiary/aromatic N) is 1. The van der Waals surface area contributed by atoms with Gasteiger partial charge in [0.2, 0.25) is 0 Å². The maximum atomic E-state index is 12.5. The summed E-state index contributed by atoms with van der Waals surface area (Å²) >= 11 is 0. The zero-order valence-electron chi connectivity index (χ0n) is 14.0. The van der Waals surface area contributed by atoms with Gasteiger partial charge in [-0.1, -0.05) is 25.1 Å². The first-order valence-electron chi connectivity index (χ1n) is 7.88. The third-order valence-corrected chi connectivity index (χ3v) is 3.70. The Balaban J connectivity index is 2.29. The number of carbonyl (C=O) groups excluding carboxylic acids is 2. The van der Waals surface area contributed by atoms with Crippen LogP contribution in [0.5, 0.6) is 0 Å². The van der Waals surface area contributed by atoms with Crippen LogP contribution in [-0.2, 0) is 0 Å². The molecule has 0 bridgehead atoms. The molecular formula is C18H19N3O4. The van der Waals surface area contributed by atoms with Crippen molar-refractivity contribution in [2.45, 2.75) is 20.3 Å². The highest BCUT2D eigenvalue weighted by molar-refractivity contribution is 6.09. The van der Waals surface area contributed by atoms with Gasteiger partial charge in [0, 0.05) is 23.7 Å². The van der Waals surface area contributed by atoms with Gasteiger partial charge in [0.15, 0.2) is 0 Å². The molecule has 0 saturated heterocycles. The highest BCUT2D eigenvalue weighted by Gasteiger charge is 2.19. The van der Waals surface area contributed by atoms with Crippen molar-refractivity contribution in [3.05, 3.63) is 69.3 Å². The van der Waals surface area contributed by atoms with Crippen LogP contribution in [0.4, 0.5) is 11.4 Å². The van der Waals surface area contributed by atoms with Crippen LogP contribution in [0, 0.1) is 17.0 Å². The van der Waals surface area contributed by atoms with Gasteiger partial charge in [-0.25, -0.2) is 0 Å². The Bertz CT molecular complexity index is 818. The third-order valence-electron chi connectivity index (χ3n) is 3.70. The summed E-state index contributed by atoms with van der Waals surface area (Å²) in [5, 5.41) is 16.4. The SMILES string of the molecule is CCCNC(=O)c1ccccc1NC(=O)c1cccc([N+](=O)[O-])c1C. The van der Waals surface area contributed by atoms with Gasteiger partial charge in [0.25, 0.3) is 17.5 Å². The molecule has 0 spiro atoms. The zero-order chi connectivity index (χ0) is 18.4. The van der Waals surface area contributed by atoms with E-state index < -0.39 is 10.8 Å². The molecule has 0 aliphatic carbocycles. The Hall–Kier alpha value is -3.22. The van der Waals surface area contributed by atoms with E-state index in [9.17, 15) is 19.7 Å². The van der Waals surface area contributed by atoms with Crippen molar-refractivity contribution in [3.63, 3.8) is 0 Å². The fourth-order valence-corrected chi connectivity index (χ4v) is 2.38. The van der Waals surface area contributed by atoms with Crippen molar-refractivity contribution >= 4 is 23.2 Å². The van der Waals surface area contributed by atoms with Gasteiger partial charge >= 0.3 is 0 Å². The van der Waals surface area contributed by atoms with E-state index in [4.69, 9.17) is 0 Å². The second-order valence-corrected chi connectivity index (χ2v) is 5.46. The standard InChI is InChI=1S/C18H19N3O4/c1-3-11-19-17(22)14-7-4-5-9-15(14)20-18(23)13-8-6-10-16(12(13)2)21(24)25/h4-10H,3,11H2,1-2H3,(H,19,22)(H,20,23). The molecule has 130 valence electrons. The lowest BCUT2D eigenvalue weighted by atomic mass is 10.1. The predicted molar refractivity (Wildman–Crippen MR) is 94.9 cm³/mol. The number of nitrogens with one attached hydrogen (secondary N) is 2. The van der Waals surface area contributed by atoms with Gasteiger partial charge in [-0.15, -0.1) is 0 Å². The average molecular weight is 341 g/mol. The number of para-hydroxylation sites is 1. The highest BCUT2D eigenvalue weighted by Crippen LogP contribution is 2.23. The number of rotatable bonds is 6. The van der Waals surface area contributed by atoms with Crippen molar-refractivity contribution in [2.75, 3.05) is 11.9 Å². The lowest BCUT2D eigenvalue weighted by molar-refractivity contribution is -0.385. The molecule has 2 aromatic carbocycles. The summed E-state index contributed by atoms with van der Waals surface area (Å²) in [4.78, 5) is 35.2. The zero-order valence-corrected chi connectivity index (χ0v) is 14.0. The molecule has 7 nitrogen and oxygen atoms in total. The normalized spacial score (nSPS) is 10.2. The van der Waals surface area contributed by atoms with Gasteiger partial charge < -0.3 is 10.6 Å². The third kappa shape index (κ3) is 4.20. The number of carbonyl (C=O) groups is 2. The lowest BCUT2D eigenvalue weighted by Gasteiger charge is -2.12. The van der Waals surface area contributed by atoms with Crippen molar-refractivity contribution in [1.29, 1.82) is 0 Å². The summed E-state index contributed by atoms with van der Waals surface area (Å²) in [6.07, 6.45) is 0.799. The Morgan fingerprint density at radius 1 is 1.04 bits per heavy atom. The van der Waals surface area contributed by atoms with E-state index >= 15 is 0 Å². The maximum absolute atomic E-state index is 12.5. The molecule has 0 saturated carbocycles. The van der Waals surface area contributed by atoms with Crippen molar-refractivity contribution < 1.29 is 14.5 Å². The fraction of sp³-hybridized carbons (Fsp3) is 0.222. The van der Waals surface area contributed by atoms with E-state index in [1.54, 1.807) is 24.3 Å². The number of benzene rings is 2. The minimum Gasteiger partial charge on any atom is -0.352 e. The van der Waals surface area contributed by atoms with Crippen LogP contribution in [0.15, 0.2) is 42.5 Å². The molecule has 0 unspecified atom stereocenters. The molecular weight excluding hydrogens is 322 g/mol. The Morgan fingerprint density at radius 2 is 1.72 bits per heavy atom. The van der Waals surface area contributed by atoms with Crippen LogP contribution in [0.1, 0.15) is 39.6 Å². The summed E-state index contributed by atoms with van der Waals surface area (Å²) < 4.78 is 0. The average Bonchev–Trinajstić information content (AvgIpc) is 2.60. The van der Waals surface area contributed by atoms with Gasteiger partial charge in [0.05, 0.1) is 16.2 Å². The first-order valence-corrected chi connectivity index (χ1v) is 7.88. The van der Waals surface area contributed by atoms with E-state index in [2.05, 4.69) is 10.6 Å². The number of anilines is 1. The molecule has 0 aromatic heterocycles. The van der Waals surface area contributed by atoms with E-state index in [0.29, 0.717) is 17.8 Å². The summed E-state index contributed by atoms with van der Waals surface area (Å²) in [7, 11) is 0. The molecule has 2 amide bonds. The summed E-state index contributed by atoms with van der Waals surface area (Å²) in [5.41, 5.74) is 1.04. The Kier molecular flexibility index (Phi) is 5.84. The van der Waals surface area contributed by atoms with E-state index in [1.165, 1.54) is 25.1 Å². The van der Waals surface area contributed by atoms with Crippen molar-refractivity contribution in [3.8, 4) is 0 Å². The first-order chi connectivity index (χ1) is 12.0.